The molecule has 0 aliphatic carbocycles. The van der Waals surface area contributed by atoms with Gasteiger partial charge < -0.3 is 10.1 Å². The topological polar surface area (TPSA) is 102 Å². The second-order valence-corrected chi connectivity index (χ2v) is 8.65. The summed E-state index contributed by atoms with van der Waals surface area (Å²) >= 11 is 0. The molecule has 3 rings (SSSR count). The van der Waals surface area contributed by atoms with Crippen molar-refractivity contribution in [2.75, 3.05) is 19.7 Å². The number of primary sulfonamides is 1. The molecule has 1 aromatic carbocycles. The molecule has 2 saturated heterocycles. The van der Waals surface area contributed by atoms with Crippen molar-refractivity contribution in [1.29, 1.82) is 0 Å². The summed E-state index contributed by atoms with van der Waals surface area (Å²) in [7, 11) is -3.87. The average molecular weight is 367 g/mol. The second-order valence-electron chi connectivity index (χ2n) is 7.12. The fourth-order valence-corrected chi connectivity index (χ4v) is 4.55. The number of rotatable bonds is 3. The minimum atomic E-state index is -3.87. The lowest BCUT2D eigenvalue weighted by molar-refractivity contribution is -0.0390. The zero-order chi connectivity index (χ0) is 18.4. The van der Waals surface area contributed by atoms with Gasteiger partial charge in [0.25, 0.3) is 5.91 Å². The van der Waals surface area contributed by atoms with Crippen LogP contribution in [0.1, 0.15) is 34.8 Å². The van der Waals surface area contributed by atoms with Gasteiger partial charge in [-0.2, -0.15) is 0 Å². The van der Waals surface area contributed by atoms with E-state index in [1.807, 2.05) is 6.92 Å². The quantitative estimate of drug-likeness (QED) is 0.812. The molecular formula is C17H25N3O4S. The molecule has 0 bridgehead atoms. The maximum Gasteiger partial charge on any atom is 0.251 e. The molecule has 8 heteroatoms. The number of nitrogens with zero attached hydrogens (tertiary/aromatic N) is 1. The molecule has 0 radical (unpaired) electrons. The summed E-state index contributed by atoms with van der Waals surface area (Å²) in [5, 5.41) is 8.29. The van der Waals surface area contributed by atoms with E-state index in [9.17, 15) is 13.2 Å². The van der Waals surface area contributed by atoms with Crippen molar-refractivity contribution in [1.82, 2.24) is 10.2 Å². The highest BCUT2D eigenvalue weighted by atomic mass is 32.2. The molecule has 138 valence electrons. The summed E-state index contributed by atoms with van der Waals surface area (Å²) in [5.41, 5.74) is 1.62. The first-order valence-corrected chi connectivity index (χ1v) is 10.0. The van der Waals surface area contributed by atoms with Crippen LogP contribution in [0.2, 0.25) is 0 Å². The summed E-state index contributed by atoms with van der Waals surface area (Å²) in [6.07, 6.45) is 1.05. The highest BCUT2D eigenvalue weighted by molar-refractivity contribution is 7.89. The van der Waals surface area contributed by atoms with E-state index in [0.717, 1.165) is 25.1 Å². The SMILES string of the molecule is Cc1cc(C(=O)N[C@H]2C[C@H]3CO[C@@H](C)CN3C2)cc(S(N)(=O)=O)c1C. The van der Waals surface area contributed by atoms with Crippen molar-refractivity contribution < 1.29 is 17.9 Å². The van der Waals surface area contributed by atoms with Gasteiger partial charge in [0.15, 0.2) is 0 Å². The Hall–Kier alpha value is -1.48. The normalized spacial score (nSPS) is 27.1. The Morgan fingerprint density at radius 3 is 2.72 bits per heavy atom. The maximum atomic E-state index is 12.6. The summed E-state index contributed by atoms with van der Waals surface area (Å²) in [6.45, 7) is 7.86. The van der Waals surface area contributed by atoms with Crippen molar-refractivity contribution in [3.05, 3.63) is 28.8 Å². The van der Waals surface area contributed by atoms with Gasteiger partial charge in [0.2, 0.25) is 10.0 Å². The Morgan fingerprint density at radius 2 is 2.04 bits per heavy atom. The largest absolute Gasteiger partial charge is 0.376 e. The van der Waals surface area contributed by atoms with Crippen molar-refractivity contribution >= 4 is 15.9 Å². The molecule has 7 nitrogen and oxygen atoms in total. The number of nitrogens with two attached hydrogens (primary N) is 1. The third-order valence-corrected chi connectivity index (χ3v) is 6.15. The number of morpholine rings is 1. The van der Waals surface area contributed by atoms with Crippen molar-refractivity contribution in [2.24, 2.45) is 5.14 Å². The number of hydrogen-bond acceptors (Lipinski definition) is 5. The average Bonchev–Trinajstić information content (AvgIpc) is 2.89. The molecule has 2 aliphatic rings. The van der Waals surface area contributed by atoms with E-state index >= 15 is 0 Å². The molecule has 0 spiro atoms. The third kappa shape index (κ3) is 3.87. The molecule has 1 amide bonds. The number of nitrogens with one attached hydrogen (secondary N) is 1. The molecule has 3 N–H and O–H groups in total. The molecule has 1 aromatic rings. The summed E-state index contributed by atoms with van der Waals surface area (Å²) in [4.78, 5) is 15.0. The van der Waals surface area contributed by atoms with Crippen molar-refractivity contribution in [2.45, 2.75) is 50.3 Å². The van der Waals surface area contributed by atoms with Crippen LogP contribution >= 0.6 is 0 Å². The number of ether oxygens (including phenoxy) is 1. The molecule has 0 unspecified atom stereocenters. The molecule has 2 fully saturated rings. The first kappa shape index (κ1) is 18.3. The van der Waals surface area contributed by atoms with Gasteiger partial charge in [-0.25, -0.2) is 13.6 Å². The fourth-order valence-electron chi connectivity index (χ4n) is 3.67. The summed E-state index contributed by atoms with van der Waals surface area (Å²) in [6, 6.07) is 3.43. The minimum absolute atomic E-state index is 0.00344. The molecule has 3 atom stereocenters. The Balaban J connectivity index is 1.75. The van der Waals surface area contributed by atoms with Gasteiger partial charge in [-0.15, -0.1) is 0 Å². The number of benzene rings is 1. The van der Waals surface area contributed by atoms with Gasteiger partial charge in [0, 0.05) is 30.7 Å². The summed E-state index contributed by atoms with van der Waals surface area (Å²) in [5.74, 6) is -0.271. The van der Waals surface area contributed by atoms with E-state index in [1.165, 1.54) is 6.07 Å². The third-order valence-electron chi connectivity index (χ3n) is 5.12. The van der Waals surface area contributed by atoms with Crippen LogP contribution in [0, 0.1) is 13.8 Å². The van der Waals surface area contributed by atoms with Crippen molar-refractivity contribution in [3.63, 3.8) is 0 Å². The van der Waals surface area contributed by atoms with Crippen LogP contribution in [0.4, 0.5) is 0 Å². The Kier molecular flexibility index (Phi) is 4.89. The lowest BCUT2D eigenvalue weighted by atomic mass is 10.1. The van der Waals surface area contributed by atoms with Crippen LogP contribution in [0.3, 0.4) is 0 Å². The molecule has 0 saturated carbocycles. The van der Waals surface area contributed by atoms with Crippen molar-refractivity contribution in [3.8, 4) is 0 Å². The number of sulfonamides is 1. The first-order chi connectivity index (χ1) is 11.6. The molecular weight excluding hydrogens is 342 g/mol. The summed E-state index contributed by atoms with van der Waals surface area (Å²) < 4.78 is 29.2. The number of amides is 1. The van der Waals surface area contributed by atoms with E-state index in [1.54, 1.807) is 19.9 Å². The highest BCUT2D eigenvalue weighted by Crippen LogP contribution is 2.24. The van der Waals surface area contributed by atoms with Gasteiger partial charge >= 0.3 is 0 Å². The Labute approximate surface area is 148 Å². The lowest BCUT2D eigenvalue weighted by Gasteiger charge is -2.33. The zero-order valence-corrected chi connectivity index (χ0v) is 15.6. The van der Waals surface area contributed by atoms with E-state index < -0.39 is 10.0 Å². The second kappa shape index (κ2) is 6.68. The number of carbonyl (C=O) groups excluding carboxylic acids is 1. The van der Waals surface area contributed by atoms with E-state index in [2.05, 4.69) is 10.2 Å². The number of hydrogen-bond donors (Lipinski definition) is 2. The molecule has 0 aromatic heterocycles. The van der Waals surface area contributed by atoms with Crippen LogP contribution in [-0.4, -0.2) is 57.1 Å². The Bertz CT molecular complexity index is 793. The number of fused-ring (bicyclic) bond motifs is 1. The first-order valence-electron chi connectivity index (χ1n) is 8.45. The van der Waals surface area contributed by atoms with Gasteiger partial charge in [-0.3, -0.25) is 9.69 Å². The van der Waals surface area contributed by atoms with Crippen LogP contribution in [0.25, 0.3) is 0 Å². The molecule has 2 aliphatic heterocycles. The van der Waals surface area contributed by atoms with Crippen LogP contribution in [0.5, 0.6) is 0 Å². The zero-order valence-electron chi connectivity index (χ0n) is 14.8. The number of carbonyl (C=O) groups is 1. The highest BCUT2D eigenvalue weighted by Gasteiger charge is 2.36. The minimum Gasteiger partial charge on any atom is -0.376 e. The molecule has 25 heavy (non-hydrogen) atoms. The van der Waals surface area contributed by atoms with E-state index in [0.29, 0.717) is 23.8 Å². The van der Waals surface area contributed by atoms with Gasteiger partial charge in [-0.05, 0) is 50.5 Å². The maximum absolute atomic E-state index is 12.6. The van der Waals surface area contributed by atoms with E-state index in [4.69, 9.17) is 9.88 Å². The van der Waals surface area contributed by atoms with Gasteiger partial charge in [0.1, 0.15) is 0 Å². The van der Waals surface area contributed by atoms with Crippen LogP contribution < -0.4 is 10.5 Å². The smallest absolute Gasteiger partial charge is 0.251 e. The predicted octanol–water partition coefficient (Wildman–Crippen LogP) is 0.542. The monoisotopic (exact) mass is 367 g/mol. The van der Waals surface area contributed by atoms with Crippen LogP contribution in [-0.2, 0) is 14.8 Å². The standard InChI is InChI=1S/C17H25N3O4S/c1-10-4-13(5-16(12(10)3)25(18,22)23)17(21)19-14-6-15-9-24-11(2)7-20(15)8-14/h4-5,11,14-15H,6-9H2,1-3H3,(H,19,21)(H2,18,22,23)/t11-,14-,15-/m0/s1. The van der Waals surface area contributed by atoms with Gasteiger partial charge in [-0.1, -0.05) is 0 Å². The lowest BCUT2D eigenvalue weighted by Crippen LogP contribution is -2.45. The number of aryl methyl sites for hydroxylation is 1. The van der Waals surface area contributed by atoms with E-state index in [-0.39, 0.29) is 22.9 Å². The van der Waals surface area contributed by atoms with Crippen LogP contribution in [0.15, 0.2) is 17.0 Å². The Morgan fingerprint density at radius 1 is 1.32 bits per heavy atom. The molecule has 2 heterocycles. The fraction of sp³-hybridized carbons (Fsp3) is 0.588. The van der Waals surface area contributed by atoms with Gasteiger partial charge in [0.05, 0.1) is 17.6 Å². The predicted molar refractivity (Wildman–Crippen MR) is 93.9 cm³/mol.